The average molecular weight is 380 g/mol. The predicted molar refractivity (Wildman–Crippen MR) is 110 cm³/mol. The number of methoxy groups -OCH3 is 1. The average Bonchev–Trinajstić information content (AvgIpc) is 3.31. The Kier molecular flexibility index (Phi) is 5.88. The maximum Gasteiger partial charge on any atom is 0.134 e. The van der Waals surface area contributed by atoms with E-state index in [9.17, 15) is 0 Å². The third-order valence-corrected chi connectivity index (χ3v) is 5.63. The van der Waals surface area contributed by atoms with E-state index in [1.165, 1.54) is 29.7 Å². The second kappa shape index (κ2) is 8.71. The smallest absolute Gasteiger partial charge is 0.134 e. The van der Waals surface area contributed by atoms with Crippen molar-refractivity contribution in [3.63, 3.8) is 0 Å². The monoisotopic (exact) mass is 379 g/mol. The normalized spacial score (nSPS) is 17.9. The summed E-state index contributed by atoms with van der Waals surface area (Å²) in [6.07, 6.45) is 6.42. The first kappa shape index (κ1) is 18.9. The minimum absolute atomic E-state index is 0.569. The number of aromatic nitrogens is 4. The third kappa shape index (κ3) is 4.18. The highest BCUT2D eigenvalue weighted by molar-refractivity contribution is 5.62. The molecule has 3 aromatic rings. The molecule has 2 aromatic heterocycles. The van der Waals surface area contributed by atoms with Crippen molar-refractivity contribution in [1.29, 1.82) is 0 Å². The molecule has 6 nitrogen and oxygen atoms in total. The number of nitrogens with one attached hydrogen (secondary N) is 1. The number of rotatable bonds is 7. The Labute approximate surface area is 166 Å². The van der Waals surface area contributed by atoms with Crippen LogP contribution in [0, 0.1) is 12.8 Å². The number of piperidine rings is 1. The second-order valence-electron chi connectivity index (χ2n) is 7.74. The zero-order valence-corrected chi connectivity index (χ0v) is 16.8. The molecule has 1 aromatic carbocycles. The molecule has 4 rings (SSSR count). The SMILES string of the molecule is COCc1ncc(C)n1CC1CCCN(Cc2cn[nH]c2-c2ccccc2)C1. The fraction of sp³-hybridized carbons (Fsp3) is 0.455. The number of hydrogen-bond donors (Lipinski definition) is 1. The first-order chi connectivity index (χ1) is 13.7. The third-order valence-electron chi connectivity index (χ3n) is 5.63. The quantitative estimate of drug-likeness (QED) is 0.681. The molecule has 1 fully saturated rings. The zero-order chi connectivity index (χ0) is 19.3. The van der Waals surface area contributed by atoms with E-state index in [0.717, 1.165) is 37.7 Å². The molecule has 1 aliphatic heterocycles. The van der Waals surface area contributed by atoms with Gasteiger partial charge in [0.2, 0.25) is 0 Å². The number of aromatic amines is 1. The van der Waals surface area contributed by atoms with Crippen LogP contribution >= 0.6 is 0 Å². The van der Waals surface area contributed by atoms with Gasteiger partial charge in [-0.3, -0.25) is 10.00 Å². The van der Waals surface area contributed by atoms with Crippen molar-refractivity contribution in [3.05, 3.63) is 59.8 Å². The standard InChI is InChI=1S/C22H29N5O/c1-17-11-23-21(16-28-2)27(17)14-18-7-6-10-26(13-18)15-20-12-24-25-22(20)19-8-4-3-5-9-19/h3-5,8-9,11-12,18H,6-7,10,13-16H2,1-2H3,(H,24,25). The lowest BCUT2D eigenvalue weighted by molar-refractivity contribution is 0.147. The molecule has 0 spiro atoms. The lowest BCUT2D eigenvalue weighted by Gasteiger charge is -2.33. The Hall–Kier alpha value is -2.44. The number of ether oxygens (including phenoxy) is 1. The summed E-state index contributed by atoms with van der Waals surface area (Å²) in [5.41, 5.74) is 4.81. The molecule has 148 valence electrons. The molecule has 0 radical (unpaired) electrons. The lowest BCUT2D eigenvalue weighted by Crippen LogP contribution is -2.37. The number of nitrogens with zero attached hydrogens (tertiary/aromatic N) is 4. The molecule has 1 aliphatic rings. The Morgan fingerprint density at radius 3 is 2.89 bits per heavy atom. The van der Waals surface area contributed by atoms with Gasteiger partial charge in [-0.1, -0.05) is 30.3 Å². The van der Waals surface area contributed by atoms with Crippen molar-refractivity contribution in [2.45, 2.75) is 39.5 Å². The number of hydrogen-bond acceptors (Lipinski definition) is 4. The van der Waals surface area contributed by atoms with Gasteiger partial charge in [-0.25, -0.2) is 4.98 Å². The highest BCUT2D eigenvalue weighted by atomic mass is 16.5. The van der Waals surface area contributed by atoms with Crippen molar-refractivity contribution in [1.82, 2.24) is 24.6 Å². The van der Waals surface area contributed by atoms with Crippen molar-refractivity contribution < 1.29 is 4.74 Å². The summed E-state index contributed by atoms with van der Waals surface area (Å²) >= 11 is 0. The molecule has 1 N–H and O–H groups in total. The Balaban J connectivity index is 1.43. The molecule has 1 saturated heterocycles. The van der Waals surface area contributed by atoms with Gasteiger partial charge in [0.25, 0.3) is 0 Å². The summed E-state index contributed by atoms with van der Waals surface area (Å²) in [5, 5.41) is 7.49. The van der Waals surface area contributed by atoms with Crippen LogP contribution < -0.4 is 0 Å². The topological polar surface area (TPSA) is 59.0 Å². The van der Waals surface area contributed by atoms with Crippen molar-refractivity contribution >= 4 is 0 Å². The summed E-state index contributed by atoms with van der Waals surface area (Å²) in [7, 11) is 1.73. The molecular weight excluding hydrogens is 350 g/mol. The van der Waals surface area contributed by atoms with Gasteiger partial charge in [0, 0.05) is 44.2 Å². The fourth-order valence-corrected chi connectivity index (χ4v) is 4.23. The minimum Gasteiger partial charge on any atom is -0.377 e. The van der Waals surface area contributed by atoms with Crippen LogP contribution in [0.15, 0.2) is 42.7 Å². The Morgan fingerprint density at radius 1 is 1.21 bits per heavy atom. The Bertz CT molecular complexity index is 885. The van der Waals surface area contributed by atoms with Crippen LogP contribution in [0.4, 0.5) is 0 Å². The van der Waals surface area contributed by atoms with Crippen LogP contribution in [-0.4, -0.2) is 44.8 Å². The van der Waals surface area contributed by atoms with Crippen molar-refractivity contribution in [2.24, 2.45) is 5.92 Å². The molecule has 0 amide bonds. The van der Waals surface area contributed by atoms with Gasteiger partial charge >= 0.3 is 0 Å². The largest absolute Gasteiger partial charge is 0.377 e. The van der Waals surface area contributed by atoms with Gasteiger partial charge in [0.1, 0.15) is 12.4 Å². The molecule has 1 unspecified atom stereocenters. The fourth-order valence-electron chi connectivity index (χ4n) is 4.23. The highest BCUT2D eigenvalue weighted by Gasteiger charge is 2.23. The minimum atomic E-state index is 0.569. The van der Waals surface area contributed by atoms with Gasteiger partial charge < -0.3 is 9.30 Å². The van der Waals surface area contributed by atoms with E-state index in [1.54, 1.807) is 7.11 Å². The first-order valence-electron chi connectivity index (χ1n) is 10.0. The lowest BCUT2D eigenvalue weighted by atomic mass is 9.97. The van der Waals surface area contributed by atoms with Gasteiger partial charge in [0.15, 0.2) is 0 Å². The molecule has 0 saturated carbocycles. The maximum atomic E-state index is 5.31. The van der Waals surface area contributed by atoms with E-state index in [1.807, 2.05) is 18.5 Å². The van der Waals surface area contributed by atoms with Crippen LogP contribution in [0.25, 0.3) is 11.3 Å². The van der Waals surface area contributed by atoms with Crippen LogP contribution in [-0.2, 0) is 24.4 Å². The van der Waals surface area contributed by atoms with Crippen molar-refractivity contribution in [3.8, 4) is 11.3 Å². The van der Waals surface area contributed by atoms with Gasteiger partial charge in [-0.2, -0.15) is 5.10 Å². The molecule has 3 heterocycles. The van der Waals surface area contributed by atoms with Gasteiger partial charge in [-0.05, 0) is 37.8 Å². The number of likely N-dealkylation sites (tertiary alicyclic amines) is 1. The zero-order valence-electron chi connectivity index (χ0n) is 16.8. The predicted octanol–water partition coefficient (Wildman–Crippen LogP) is 3.64. The molecule has 28 heavy (non-hydrogen) atoms. The van der Waals surface area contributed by atoms with E-state index in [2.05, 4.69) is 55.8 Å². The van der Waals surface area contributed by atoms with Gasteiger partial charge in [0.05, 0.1) is 11.9 Å². The number of H-pyrrole nitrogens is 1. The second-order valence-corrected chi connectivity index (χ2v) is 7.74. The van der Waals surface area contributed by atoms with E-state index in [4.69, 9.17) is 4.74 Å². The number of benzene rings is 1. The summed E-state index contributed by atoms with van der Waals surface area (Å²) in [4.78, 5) is 7.07. The maximum absolute atomic E-state index is 5.31. The van der Waals surface area contributed by atoms with Crippen molar-refractivity contribution in [2.75, 3.05) is 20.2 Å². The number of aryl methyl sites for hydroxylation is 1. The Morgan fingerprint density at radius 2 is 2.07 bits per heavy atom. The van der Waals surface area contributed by atoms with E-state index >= 15 is 0 Å². The summed E-state index contributed by atoms with van der Waals surface area (Å²) in [6, 6.07) is 10.5. The molecule has 0 aliphatic carbocycles. The first-order valence-corrected chi connectivity index (χ1v) is 10.0. The van der Waals surface area contributed by atoms with Gasteiger partial charge in [-0.15, -0.1) is 0 Å². The summed E-state index contributed by atoms with van der Waals surface area (Å²) < 4.78 is 7.64. The molecule has 0 bridgehead atoms. The van der Waals surface area contributed by atoms with E-state index in [0.29, 0.717) is 12.5 Å². The van der Waals surface area contributed by atoms with E-state index in [-0.39, 0.29) is 0 Å². The summed E-state index contributed by atoms with van der Waals surface area (Å²) in [5.74, 6) is 1.66. The molecule has 1 atom stereocenters. The number of imidazole rings is 1. The van der Waals surface area contributed by atoms with E-state index < -0.39 is 0 Å². The van der Waals surface area contributed by atoms with Crippen LogP contribution in [0.2, 0.25) is 0 Å². The molecular formula is C22H29N5O. The summed E-state index contributed by atoms with van der Waals surface area (Å²) in [6.45, 7) is 6.89. The van der Waals surface area contributed by atoms with Crippen LogP contribution in [0.3, 0.4) is 0 Å². The molecule has 6 heteroatoms. The van der Waals surface area contributed by atoms with Crippen LogP contribution in [0.1, 0.15) is 29.9 Å². The van der Waals surface area contributed by atoms with Crippen LogP contribution in [0.5, 0.6) is 0 Å². The highest BCUT2D eigenvalue weighted by Crippen LogP contribution is 2.25.